The fourth-order valence-corrected chi connectivity index (χ4v) is 1.94. The predicted molar refractivity (Wildman–Crippen MR) is 77.0 cm³/mol. The van der Waals surface area contributed by atoms with Gasteiger partial charge in [0.15, 0.2) is 0 Å². The Labute approximate surface area is 114 Å². The summed E-state index contributed by atoms with van der Waals surface area (Å²) in [6, 6.07) is 8.11. The van der Waals surface area contributed by atoms with E-state index in [1.165, 1.54) is 12.8 Å². The van der Waals surface area contributed by atoms with Crippen molar-refractivity contribution in [2.75, 3.05) is 25.5 Å². The van der Waals surface area contributed by atoms with E-state index in [2.05, 4.69) is 22.6 Å². The molecular weight excluding hydrogens is 240 g/mol. The van der Waals surface area contributed by atoms with Crippen LogP contribution in [0.2, 0.25) is 0 Å². The van der Waals surface area contributed by atoms with E-state index in [0.717, 1.165) is 23.8 Å². The average molecular weight is 262 g/mol. The van der Waals surface area contributed by atoms with Crippen LogP contribution in [0.4, 0.5) is 10.5 Å². The van der Waals surface area contributed by atoms with E-state index < -0.39 is 0 Å². The molecule has 19 heavy (non-hydrogen) atoms. The summed E-state index contributed by atoms with van der Waals surface area (Å²) in [5.41, 5.74) is 7.36. The summed E-state index contributed by atoms with van der Waals surface area (Å²) in [6.45, 7) is 2.07. The Balaban J connectivity index is 1.67. The number of carbonyl (C=O) groups excluding carboxylic acids is 1. The number of hydrogen-bond acceptors (Lipinski definition) is 3. The van der Waals surface area contributed by atoms with Crippen LogP contribution >= 0.6 is 0 Å². The van der Waals surface area contributed by atoms with Crippen molar-refractivity contribution < 1.29 is 4.79 Å². The molecule has 1 saturated carbocycles. The van der Waals surface area contributed by atoms with Crippen LogP contribution in [0, 0.1) is 0 Å². The van der Waals surface area contributed by atoms with E-state index in [1.54, 1.807) is 0 Å². The van der Waals surface area contributed by atoms with Crippen LogP contribution in [0.15, 0.2) is 24.3 Å². The Bertz CT molecular complexity index is 414. The van der Waals surface area contributed by atoms with Crippen LogP contribution in [0.1, 0.15) is 18.4 Å². The van der Waals surface area contributed by atoms with E-state index in [0.29, 0.717) is 13.1 Å². The number of nitrogens with two attached hydrogens (primary N) is 1. The molecule has 0 radical (unpaired) electrons. The van der Waals surface area contributed by atoms with Gasteiger partial charge in [0, 0.05) is 31.4 Å². The summed E-state index contributed by atoms with van der Waals surface area (Å²) in [5, 5.41) is 5.66. The van der Waals surface area contributed by atoms with Crippen LogP contribution in [0.3, 0.4) is 0 Å². The van der Waals surface area contributed by atoms with Gasteiger partial charge < -0.3 is 21.3 Å². The van der Waals surface area contributed by atoms with E-state index in [1.807, 2.05) is 24.3 Å². The lowest BCUT2D eigenvalue weighted by molar-refractivity contribution is 0.249. The second-order valence-corrected chi connectivity index (χ2v) is 4.99. The quantitative estimate of drug-likeness (QED) is 0.725. The fourth-order valence-electron chi connectivity index (χ4n) is 1.94. The van der Waals surface area contributed by atoms with Crippen LogP contribution in [0.5, 0.6) is 0 Å². The normalized spacial score (nSPS) is 14.5. The van der Waals surface area contributed by atoms with Crippen molar-refractivity contribution in [2.45, 2.75) is 25.4 Å². The van der Waals surface area contributed by atoms with Gasteiger partial charge in [-0.3, -0.25) is 0 Å². The molecule has 104 valence electrons. The number of anilines is 1. The molecule has 1 fully saturated rings. The number of likely N-dealkylation sites (N-methyl/N-ethyl adjacent to an activating group) is 1. The molecule has 0 spiro atoms. The Morgan fingerprint density at radius 1 is 1.37 bits per heavy atom. The van der Waals surface area contributed by atoms with Crippen LogP contribution in [-0.4, -0.2) is 37.1 Å². The van der Waals surface area contributed by atoms with Gasteiger partial charge in [-0.05, 0) is 37.6 Å². The van der Waals surface area contributed by atoms with Gasteiger partial charge in [-0.1, -0.05) is 12.1 Å². The van der Waals surface area contributed by atoms with Crippen LogP contribution < -0.4 is 16.4 Å². The molecule has 1 aromatic rings. The third-order valence-electron chi connectivity index (χ3n) is 3.37. The highest BCUT2D eigenvalue weighted by Crippen LogP contribution is 2.24. The van der Waals surface area contributed by atoms with E-state index >= 15 is 0 Å². The standard InChI is InChI=1S/C14H22N4O/c1-18(13-6-7-13)9-8-16-14(19)17-12-4-2-11(10-15)3-5-12/h2-5,13H,6-10,15H2,1H3,(H2,16,17,19). The summed E-state index contributed by atoms with van der Waals surface area (Å²) in [6.07, 6.45) is 2.58. The second-order valence-electron chi connectivity index (χ2n) is 4.99. The third kappa shape index (κ3) is 4.54. The van der Waals surface area contributed by atoms with Gasteiger partial charge >= 0.3 is 6.03 Å². The minimum atomic E-state index is -0.162. The molecule has 5 nitrogen and oxygen atoms in total. The van der Waals surface area contributed by atoms with Crippen molar-refractivity contribution in [1.82, 2.24) is 10.2 Å². The van der Waals surface area contributed by atoms with Gasteiger partial charge in [0.25, 0.3) is 0 Å². The molecule has 4 N–H and O–H groups in total. The van der Waals surface area contributed by atoms with E-state index in [9.17, 15) is 4.79 Å². The lowest BCUT2D eigenvalue weighted by Crippen LogP contribution is -2.36. The number of hydrogen-bond donors (Lipinski definition) is 3. The van der Waals surface area contributed by atoms with Gasteiger partial charge in [-0.2, -0.15) is 0 Å². The maximum Gasteiger partial charge on any atom is 0.319 e. The summed E-state index contributed by atoms with van der Waals surface area (Å²) in [7, 11) is 2.10. The van der Waals surface area contributed by atoms with Gasteiger partial charge in [0.1, 0.15) is 0 Å². The van der Waals surface area contributed by atoms with Gasteiger partial charge in [0.2, 0.25) is 0 Å². The second kappa shape index (κ2) is 6.54. The van der Waals surface area contributed by atoms with Crippen molar-refractivity contribution in [3.05, 3.63) is 29.8 Å². The Morgan fingerprint density at radius 3 is 2.63 bits per heavy atom. The molecule has 0 aliphatic heterocycles. The highest BCUT2D eigenvalue weighted by atomic mass is 16.2. The largest absolute Gasteiger partial charge is 0.337 e. The Morgan fingerprint density at radius 2 is 2.05 bits per heavy atom. The van der Waals surface area contributed by atoms with E-state index in [4.69, 9.17) is 5.73 Å². The summed E-state index contributed by atoms with van der Waals surface area (Å²) >= 11 is 0. The molecule has 0 atom stereocenters. The molecule has 2 amide bonds. The molecular formula is C14H22N4O. The maximum atomic E-state index is 11.7. The number of nitrogens with zero attached hydrogens (tertiary/aromatic N) is 1. The first kappa shape index (κ1) is 13.8. The number of amides is 2. The summed E-state index contributed by atoms with van der Waals surface area (Å²) in [5.74, 6) is 0. The number of benzene rings is 1. The third-order valence-corrected chi connectivity index (χ3v) is 3.37. The molecule has 2 rings (SSSR count). The Kier molecular flexibility index (Phi) is 4.76. The molecule has 0 aromatic heterocycles. The zero-order chi connectivity index (χ0) is 13.7. The van der Waals surface area contributed by atoms with Crippen molar-refractivity contribution in [3.63, 3.8) is 0 Å². The minimum absolute atomic E-state index is 0.162. The number of carbonyl (C=O) groups is 1. The fraction of sp³-hybridized carbons (Fsp3) is 0.500. The number of rotatable bonds is 6. The van der Waals surface area contributed by atoms with Crippen molar-refractivity contribution >= 4 is 11.7 Å². The Hall–Kier alpha value is -1.59. The first-order valence-corrected chi connectivity index (χ1v) is 6.73. The molecule has 0 heterocycles. The lowest BCUT2D eigenvalue weighted by Gasteiger charge is -2.16. The average Bonchev–Trinajstić information content (AvgIpc) is 3.24. The van der Waals surface area contributed by atoms with Gasteiger partial charge in [-0.15, -0.1) is 0 Å². The highest BCUT2D eigenvalue weighted by Gasteiger charge is 2.25. The van der Waals surface area contributed by atoms with Crippen molar-refractivity contribution in [3.8, 4) is 0 Å². The van der Waals surface area contributed by atoms with Crippen LogP contribution in [-0.2, 0) is 6.54 Å². The molecule has 5 heteroatoms. The van der Waals surface area contributed by atoms with Crippen molar-refractivity contribution in [2.24, 2.45) is 5.73 Å². The first-order valence-electron chi connectivity index (χ1n) is 6.73. The smallest absolute Gasteiger partial charge is 0.319 e. The van der Waals surface area contributed by atoms with E-state index in [-0.39, 0.29) is 6.03 Å². The van der Waals surface area contributed by atoms with Gasteiger partial charge in [-0.25, -0.2) is 4.79 Å². The van der Waals surface area contributed by atoms with Gasteiger partial charge in [0.05, 0.1) is 0 Å². The lowest BCUT2D eigenvalue weighted by atomic mass is 10.2. The molecule has 0 saturated heterocycles. The molecule has 1 aliphatic rings. The molecule has 1 aliphatic carbocycles. The maximum absolute atomic E-state index is 11.7. The number of urea groups is 1. The molecule has 1 aromatic carbocycles. The zero-order valence-electron chi connectivity index (χ0n) is 11.4. The van der Waals surface area contributed by atoms with Crippen LogP contribution in [0.25, 0.3) is 0 Å². The van der Waals surface area contributed by atoms with Crippen molar-refractivity contribution in [1.29, 1.82) is 0 Å². The topological polar surface area (TPSA) is 70.4 Å². The molecule has 0 unspecified atom stereocenters. The SMILES string of the molecule is CN(CCNC(=O)Nc1ccc(CN)cc1)C1CC1. The zero-order valence-corrected chi connectivity index (χ0v) is 11.4. The monoisotopic (exact) mass is 262 g/mol. The predicted octanol–water partition coefficient (Wildman–Crippen LogP) is 1.36. The number of nitrogens with one attached hydrogen (secondary N) is 2. The molecule has 0 bridgehead atoms. The first-order chi connectivity index (χ1) is 9.19. The summed E-state index contributed by atoms with van der Waals surface area (Å²) in [4.78, 5) is 14.0. The minimum Gasteiger partial charge on any atom is -0.337 e. The summed E-state index contributed by atoms with van der Waals surface area (Å²) < 4.78 is 0. The highest BCUT2D eigenvalue weighted by molar-refractivity contribution is 5.89.